The molecule has 2 rings (SSSR count). The summed E-state index contributed by atoms with van der Waals surface area (Å²) in [6.45, 7) is 3.03. The Hall–Kier alpha value is -1.35. The van der Waals surface area contributed by atoms with Gasteiger partial charge in [0.25, 0.3) is 0 Å². The highest BCUT2D eigenvalue weighted by Crippen LogP contribution is 2.19. The smallest absolute Gasteiger partial charge is 0.0370 e. The molecule has 0 fully saturated rings. The second-order valence-electron chi connectivity index (χ2n) is 4.00. The van der Waals surface area contributed by atoms with Gasteiger partial charge in [-0.1, -0.05) is 22.0 Å². The Morgan fingerprint density at radius 2 is 2.18 bits per heavy atom. The van der Waals surface area contributed by atoms with Gasteiger partial charge >= 0.3 is 0 Å². The summed E-state index contributed by atoms with van der Waals surface area (Å²) in [5.74, 6) is 0. The molecular formula is C14H15BrN2. The van der Waals surface area contributed by atoms with Gasteiger partial charge in [0, 0.05) is 29.1 Å². The number of pyridine rings is 1. The maximum atomic E-state index is 4.11. The first-order valence-corrected chi connectivity index (χ1v) is 6.44. The molecule has 17 heavy (non-hydrogen) atoms. The third-order valence-electron chi connectivity index (χ3n) is 2.64. The third-order valence-corrected chi connectivity index (χ3v) is 3.13. The predicted molar refractivity (Wildman–Crippen MR) is 75.3 cm³/mol. The number of anilines is 1. The number of benzene rings is 1. The molecule has 0 aliphatic rings. The standard InChI is InChI=1S/C14H15BrN2/c1-11-9-13(15)4-5-14(11)17-8-6-12-3-2-7-16-10-12/h2-5,7,9-10,17H,6,8H2,1H3. The molecule has 2 aromatic rings. The largest absolute Gasteiger partial charge is 0.384 e. The molecule has 3 heteroatoms. The molecule has 0 radical (unpaired) electrons. The summed E-state index contributed by atoms with van der Waals surface area (Å²) in [6.07, 6.45) is 4.70. The minimum absolute atomic E-state index is 0.925. The van der Waals surface area contributed by atoms with Crippen LogP contribution in [0.4, 0.5) is 5.69 Å². The van der Waals surface area contributed by atoms with E-state index in [-0.39, 0.29) is 0 Å². The SMILES string of the molecule is Cc1cc(Br)ccc1NCCc1cccnc1. The normalized spacial score (nSPS) is 10.2. The minimum Gasteiger partial charge on any atom is -0.384 e. The van der Waals surface area contributed by atoms with E-state index < -0.39 is 0 Å². The molecule has 0 atom stereocenters. The average molecular weight is 291 g/mol. The van der Waals surface area contributed by atoms with Gasteiger partial charge in [-0.15, -0.1) is 0 Å². The Kier molecular flexibility index (Phi) is 4.15. The Bertz CT molecular complexity index is 483. The maximum absolute atomic E-state index is 4.11. The second kappa shape index (κ2) is 5.82. The van der Waals surface area contributed by atoms with Crippen molar-refractivity contribution in [1.82, 2.24) is 4.98 Å². The van der Waals surface area contributed by atoms with Gasteiger partial charge in [-0.2, -0.15) is 0 Å². The van der Waals surface area contributed by atoms with E-state index >= 15 is 0 Å². The average Bonchev–Trinajstić information content (AvgIpc) is 2.33. The molecule has 0 aliphatic carbocycles. The molecule has 0 saturated carbocycles. The predicted octanol–water partition coefficient (Wildman–Crippen LogP) is 3.81. The molecule has 0 amide bonds. The lowest BCUT2D eigenvalue weighted by atomic mass is 10.2. The van der Waals surface area contributed by atoms with E-state index in [1.807, 2.05) is 12.3 Å². The lowest BCUT2D eigenvalue weighted by Gasteiger charge is -2.09. The summed E-state index contributed by atoms with van der Waals surface area (Å²) in [5.41, 5.74) is 3.71. The Morgan fingerprint density at radius 1 is 1.29 bits per heavy atom. The number of hydrogen-bond donors (Lipinski definition) is 1. The van der Waals surface area contributed by atoms with E-state index in [0.717, 1.165) is 17.4 Å². The topological polar surface area (TPSA) is 24.9 Å². The van der Waals surface area contributed by atoms with Crippen LogP contribution in [0.25, 0.3) is 0 Å². The monoisotopic (exact) mass is 290 g/mol. The number of nitrogens with one attached hydrogen (secondary N) is 1. The highest BCUT2D eigenvalue weighted by Gasteiger charge is 1.98. The minimum atomic E-state index is 0.925. The fourth-order valence-corrected chi connectivity index (χ4v) is 2.19. The van der Waals surface area contributed by atoms with Crippen LogP contribution in [0.5, 0.6) is 0 Å². The fourth-order valence-electron chi connectivity index (χ4n) is 1.71. The van der Waals surface area contributed by atoms with Gasteiger partial charge in [0.05, 0.1) is 0 Å². The molecule has 1 aromatic carbocycles. The van der Waals surface area contributed by atoms with E-state index in [0.29, 0.717) is 0 Å². The zero-order valence-corrected chi connectivity index (χ0v) is 11.4. The zero-order chi connectivity index (χ0) is 12.1. The molecule has 88 valence electrons. The van der Waals surface area contributed by atoms with Gasteiger partial charge in [-0.05, 0) is 48.7 Å². The second-order valence-corrected chi connectivity index (χ2v) is 4.91. The molecule has 2 nitrogen and oxygen atoms in total. The Morgan fingerprint density at radius 3 is 2.88 bits per heavy atom. The maximum Gasteiger partial charge on any atom is 0.0370 e. The number of hydrogen-bond acceptors (Lipinski definition) is 2. The first kappa shape index (κ1) is 12.1. The lowest BCUT2D eigenvalue weighted by Crippen LogP contribution is -2.06. The Labute approximate surface area is 110 Å². The van der Waals surface area contributed by atoms with Crippen LogP contribution < -0.4 is 5.32 Å². The summed E-state index contributed by atoms with van der Waals surface area (Å²) in [5, 5.41) is 3.44. The third kappa shape index (κ3) is 3.56. The van der Waals surface area contributed by atoms with E-state index in [1.54, 1.807) is 6.20 Å². The number of aromatic nitrogens is 1. The molecule has 0 unspecified atom stereocenters. The van der Waals surface area contributed by atoms with Crippen LogP contribution in [-0.4, -0.2) is 11.5 Å². The summed E-state index contributed by atoms with van der Waals surface area (Å²) in [4.78, 5) is 4.11. The fraction of sp³-hybridized carbons (Fsp3) is 0.214. The van der Waals surface area contributed by atoms with Gasteiger partial charge in [-0.25, -0.2) is 0 Å². The van der Waals surface area contributed by atoms with E-state index in [9.17, 15) is 0 Å². The van der Waals surface area contributed by atoms with Gasteiger partial charge in [0.1, 0.15) is 0 Å². The molecule has 1 aromatic heterocycles. The van der Waals surface area contributed by atoms with Crippen LogP contribution in [0.1, 0.15) is 11.1 Å². The van der Waals surface area contributed by atoms with E-state index in [1.165, 1.54) is 16.8 Å². The van der Waals surface area contributed by atoms with Gasteiger partial charge in [0.2, 0.25) is 0 Å². The highest BCUT2D eigenvalue weighted by atomic mass is 79.9. The van der Waals surface area contributed by atoms with Crippen LogP contribution in [0, 0.1) is 6.92 Å². The van der Waals surface area contributed by atoms with Crippen molar-refractivity contribution < 1.29 is 0 Å². The summed E-state index contributed by atoms with van der Waals surface area (Å²) >= 11 is 3.47. The molecule has 1 heterocycles. The quantitative estimate of drug-likeness (QED) is 0.926. The lowest BCUT2D eigenvalue weighted by molar-refractivity contribution is 1.00. The van der Waals surface area contributed by atoms with Crippen molar-refractivity contribution in [2.45, 2.75) is 13.3 Å². The zero-order valence-electron chi connectivity index (χ0n) is 9.78. The van der Waals surface area contributed by atoms with E-state index in [2.05, 4.69) is 57.4 Å². The molecule has 1 N–H and O–H groups in total. The summed E-state index contributed by atoms with van der Waals surface area (Å²) in [7, 11) is 0. The highest BCUT2D eigenvalue weighted by molar-refractivity contribution is 9.10. The van der Waals surface area contributed by atoms with Crippen LogP contribution in [0.2, 0.25) is 0 Å². The molecule has 0 saturated heterocycles. The first-order chi connectivity index (χ1) is 8.25. The van der Waals surface area contributed by atoms with Crippen molar-refractivity contribution in [2.24, 2.45) is 0 Å². The Balaban J connectivity index is 1.90. The van der Waals surface area contributed by atoms with Crippen LogP contribution >= 0.6 is 15.9 Å². The van der Waals surface area contributed by atoms with Crippen molar-refractivity contribution in [2.75, 3.05) is 11.9 Å². The molecule has 0 aliphatic heterocycles. The molecular weight excluding hydrogens is 276 g/mol. The number of rotatable bonds is 4. The van der Waals surface area contributed by atoms with Crippen molar-refractivity contribution in [1.29, 1.82) is 0 Å². The molecule has 0 bridgehead atoms. The number of aryl methyl sites for hydroxylation is 1. The first-order valence-electron chi connectivity index (χ1n) is 5.64. The van der Waals surface area contributed by atoms with Crippen molar-refractivity contribution in [3.05, 3.63) is 58.3 Å². The number of nitrogens with zero attached hydrogens (tertiary/aromatic N) is 1. The van der Waals surface area contributed by atoms with Crippen LogP contribution in [0.3, 0.4) is 0 Å². The van der Waals surface area contributed by atoms with Crippen molar-refractivity contribution >= 4 is 21.6 Å². The molecule has 0 spiro atoms. The van der Waals surface area contributed by atoms with Crippen molar-refractivity contribution in [3.8, 4) is 0 Å². The van der Waals surface area contributed by atoms with Gasteiger partial charge in [0.15, 0.2) is 0 Å². The van der Waals surface area contributed by atoms with Crippen molar-refractivity contribution in [3.63, 3.8) is 0 Å². The summed E-state index contributed by atoms with van der Waals surface area (Å²) < 4.78 is 1.12. The number of halogens is 1. The summed E-state index contributed by atoms with van der Waals surface area (Å²) in [6, 6.07) is 10.3. The van der Waals surface area contributed by atoms with Gasteiger partial charge < -0.3 is 5.32 Å². The van der Waals surface area contributed by atoms with Crippen LogP contribution in [-0.2, 0) is 6.42 Å². The van der Waals surface area contributed by atoms with Gasteiger partial charge in [-0.3, -0.25) is 4.98 Å². The van der Waals surface area contributed by atoms with Crippen LogP contribution in [0.15, 0.2) is 47.2 Å². The van der Waals surface area contributed by atoms with E-state index in [4.69, 9.17) is 0 Å².